The highest BCUT2D eigenvalue weighted by Gasteiger charge is 2.28. The van der Waals surface area contributed by atoms with E-state index in [0.29, 0.717) is 11.3 Å². The van der Waals surface area contributed by atoms with Gasteiger partial charge in [-0.05, 0) is 56.0 Å². The number of rotatable bonds is 7. The van der Waals surface area contributed by atoms with Gasteiger partial charge in [-0.3, -0.25) is 4.90 Å². The third-order valence-electron chi connectivity index (χ3n) is 4.39. The van der Waals surface area contributed by atoms with Crippen LogP contribution in [0, 0.1) is 5.92 Å². The Kier molecular flexibility index (Phi) is 6.01. The van der Waals surface area contributed by atoms with Crippen LogP contribution < -0.4 is 0 Å². The normalized spacial score (nSPS) is 19.2. The minimum atomic E-state index is -3.20. The third-order valence-corrected chi connectivity index (χ3v) is 6.31. The summed E-state index contributed by atoms with van der Waals surface area (Å²) in [5.74, 6) is 0.266. The lowest BCUT2D eigenvalue weighted by Gasteiger charge is -2.32. The van der Waals surface area contributed by atoms with Crippen molar-refractivity contribution in [2.24, 2.45) is 5.92 Å². The maximum absolute atomic E-state index is 12.3. The molecule has 22 heavy (non-hydrogen) atoms. The van der Waals surface area contributed by atoms with Gasteiger partial charge in [0.15, 0.2) is 9.84 Å². The van der Waals surface area contributed by atoms with Crippen LogP contribution in [-0.4, -0.2) is 43.9 Å². The first-order valence-electron chi connectivity index (χ1n) is 8.17. The minimum absolute atomic E-state index is 0.0854. The molecule has 0 radical (unpaired) electrons. The second-order valence-corrected chi connectivity index (χ2v) is 8.35. The van der Waals surface area contributed by atoms with E-state index in [2.05, 4.69) is 4.90 Å². The molecule has 2 atom stereocenters. The molecular weight excluding hydrogens is 298 g/mol. The molecule has 1 aromatic rings. The van der Waals surface area contributed by atoms with E-state index in [1.165, 1.54) is 12.8 Å². The monoisotopic (exact) mass is 325 g/mol. The molecule has 5 heteroatoms. The lowest BCUT2D eigenvalue weighted by molar-refractivity contribution is 0.126. The summed E-state index contributed by atoms with van der Waals surface area (Å²) in [5.41, 5.74) is 1.00. The van der Waals surface area contributed by atoms with Crippen molar-refractivity contribution in [1.82, 2.24) is 4.90 Å². The molecule has 1 fully saturated rings. The molecule has 2 unspecified atom stereocenters. The highest BCUT2D eigenvalue weighted by atomic mass is 32.2. The summed E-state index contributed by atoms with van der Waals surface area (Å²) in [6, 6.07) is 7.38. The highest BCUT2D eigenvalue weighted by Crippen LogP contribution is 2.32. The van der Waals surface area contributed by atoms with Gasteiger partial charge >= 0.3 is 0 Å². The first-order valence-corrected chi connectivity index (χ1v) is 9.82. The van der Waals surface area contributed by atoms with Gasteiger partial charge in [-0.2, -0.15) is 0 Å². The van der Waals surface area contributed by atoms with Crippen LogP contribution in [0.4, 0.5) is 0 Å². The van der Waals surface area contributed by atoms with Crippen LogP contribution in [0.1, 0.15) is 44.7 Å². The molecule has 0 amide bonds. The maximum Gasteiger partial charge on any atom is 0.178 e. The molecule has 0 aliphatic carbocycles. The number of hydrogen-bond donors (Lipinski definition) is 1. The van der Waals surface area contributed by atoms with Crippen molar-refractivity contribution in [3.05, 3.63) is 29.8 Å². The Bertz CT molecular complexity index is 579. The van der Waals surface area contributed by atoms with Gasteiger partial charge in [0.05, 0.1) is 10.6 Å². The predicted molar refractivity (Wildman–Crippen MR) is 88.6 cm³/mol. The zero-order chi connectivity index (χ0) is 16.2. The second kappa shape index (κ2) is 7.57. The lowest BCUT2D eigenvalue weighted by atomic mass is 9.94. The molecule has 124 valence electrons. The Balaban J connectivity index is 2.36. The van der Waals surface area contributed by atoms with Crippen molar-refractivity contribution in [2.75, 3.05) is 25.4 Å². The Morgan fingerprint density at radius 3 is 2.55 bits per heavy atom. The van der Waals surface area contributed by atoms with Crippen molar-refractivity contribution >= 4 is 9.84 Å². The average molecular weight is 325 g/mol. The summed E-state index contributed by atoms with van der Waals surface area (Å²) in [4.78, 5) is 2.77. The quantitative estimate of drug-likeness (QED) is 0.837. The molecule has 2 rings (SSSR count). The van der Waals surface area contributed by atoms with E-state index in [4.69, 9.17) is 0 Å². The molecule has 4 nitrogen and oxygen atoms in total. The molecule has 0 saturated carbocycles. The van der Waals surface area contributed by atoms with Gasteiger partial charge in [0.1, 0.15) is 0 Å². The lowest BCUT2D eigenvalue weighted by Crippen LogP contribution is -2.32. The third kappa shape index (κ3) is 3.89. The van der Waals surface area contributed by atoms with E-state index in [9.17, 15) is 13.5 Å². The largest absolute Gasteiger partial charge is 0.396 e. The van der Waals surface area contributed by atoms with Crippen molar-refractivity contribution in [3.8, 4) is 0 Å². The summed E-state index contributed by atoms with van der Waals surface area (Å²) >= 11 is 0. The Hall–Kier alpha value is -0.910. The molecule has 1 N–H and O–H groups in total. The van der Waals surface area contributed by atoms with Crippen LogP contribution in [0.5, 0.6) is 0 Å². The number of hydrogen-bond acceptors (Lipinski definition) is 4. The topological polar surface area (TPSA) is 57.6 Å². The number of likely N-dealkylation sites (tertiary alicyclic amines) is 1. The predicted octanol–water partition coefficient (Wildman–Crippen LogP) is 2.64. The first kappa shape index (κ1) is 17.4. The summed E-state index contributed by atoms with van der Waals surface area (Å²) in [5, 5.41) is 9.60. The minimum Gasteiger partial charge on any atom is -0.396 e. The van der Waals surface area contributed by atoms with Crippen molar-refractivity contribution in [1.29, 1.82) is 0 Å². The fourth-order valence-electron chi connectivity index (χ4n) is 3.30. The van der Waals surface area contributed by atoms with Crippen molar-refractivity contribution in [3.63, 3.8) is 0 Å². The average Bonchev–Trinajstić information content (AvgIpc) is 3.01. The Morgan fingerprint density at radius 1 is 1.27 bits per heavy atom. The first-order chi connectivity index (χ1) is 10.5. The SMILES string of the molecule is CCCS(=O)(=O)c1cccc(C(C(C)CO)N2CCCC2)c1. The van der Waals surface area contributed by atoms with Gasteiger partial charge in [0.25, 0.3) is 0 Å². The van der Waals surface area contributed by atoms with Gasteiger partial charge in [0, 0.05) is 12.6 Å². The molecule has 0 spiro atoms. The zero-order valence-electron chi connectivity index (χ0n) is 13.5. The van der Waals surface area contributed by atoms with Crippen LogP contribution in [0.3, 0.4) is 0 Å². The van der Waals surface area contributed by atoms with Crippen molar-refractivity contribution < 1.29 is 13.5 Å². The summed E-state index contributed by atoms with van der Waals surface area (Å²) in [6.45, 7) is 6.04. The summed E-state index contributed by atoms with van der Waals surface area (Å²) in [6.07, 6.45) is 2.96. The summed E-state index contributed by atoms with van der Waals surface area (Å²) < 4.78 is 24.6. The second-order valence-electron chi connectivity index (χ2n) is 6.24. The molecule has 1 saturated heterocycles. The fourth-order valence-corrected chi connectivity index (χ4v) is 4.67. The molecule has 0 bridgehead atoms. The highest BCUT2D eigenvalue weighted by molar-refractivity contribution is 7.91. The smallest absolute Gasteiger partial charge is 0.178 e. The van der Waals surface area contributed by atoms with Crippen LogP contribution in [0.15, 0.2) is 29.2 Å². The van der Waals surface area contributed by atoms with Gasteiger partial charge in [-0.1, -0.05) is 26.0 Å². The Morgan fingerprint density at radius 2 is 1.95 bits per heavy atom. The zero-order valence-corrected chi connectivity index (χ0v) is 14.3. The van der Waals surface area contributed by atoms with Crippen LogP contribution in [0.2, 0.25) is 0 Å². The van der Waals surface area contributed by atoms with Gasteiger partial charge in [-0.25, -0.2) is 8.42 Å². The molecule has 1 aliphatic heterocycles. The van der Waals surface area contributed by atoms with Crippen LogP contribution >= 0.6 is 0 Å². The number of sulfone groups is 1. The van der Waals surface area contributed by atoms with E-state index in [1.54, 1.807) is 12.1 Å². The molecule has 1 aromatic carbocycles. The van der Waals surface area contributed by atoms with Gasteiger partial charge in [-0.15, -0.1) is 0 Å². The number of aliphatic hydroxyl groups excluding tert-OH is 1. The standard InChI is InChI=1S/C17H27NO3S/c1-3-11-22(20,21)16-8-6-7-15(12-16)17(14(2)13-19)18-9-4-5-10-18/h6-8,12,14,17,19H,3-5,9-11,13H2,1-2H3. The number of benzene rings is 1. The molecular formula is C17H27NO3S. The van der Waals surface area contributed by atoms with Crippen LogP contribution in [-0.2, 0) is 9.84 Å². The molecule has 0 aromatic heterocycles. The number of nitrogens with zero attached hydrogens (tertiary/aromatic N) is 1. The summed E-state index contributed by atoms with van der Waals surface area (Å²) in [7, 11) is -3.20. The van der Waals surface area contributed by atoms with E-state index < -0.39 is 9.84 Å². The van der Waals surface area contributed by atoms with Crippen LogP contribution in [0.25, 0.3) is 0 Å². The van der Waals surface area contributed by atoms with E-state index in [0.717, 1.165) is 18.7 Å². The fraction of sp³-hybridized carbons (Fsp3) is 0.647. The van der Waals surface area contributed by atoms with Crippen molar-refractivity contribution in [2.45, 2.75) is 44.0 Å². The molecule has 1 heterocycles. The van der Waals surface area contributed by atoms with E-state index in [1.807, 2.05) is 26.0 Å². The number of aliphatic hydroxyl groups is 1. The Labute approximate surface area is 134 Å². The van der Waals surface area contributed by atoms with Gasteiger partial charge < -0.3 is 5.11 Å². The van der Waals surface area contributed by atoms with Gasteiger partial charge in [0.2, 0.25) is 0 Å². The van der Waals surface area contributed by atoms with E-state index >= 15 is 0 Å². The van der Waals surface area contributed by atoms with E-state index in [-0.39, 0.29) is 24.3 Å². The molecule has 1 aliphatic rings. The maximum atomic E-state index is 12.3.